The van der Waals surface area contributed by atoms with Crippen molar-refractivity contribution in [3.05, 3.63) is 24.2 Å². The number of hydrogen-bond acceptors (Lipinski definition) is 3. The van der Waals surface area contributed by atoms with Crippen molar-refractivity contribution in [2.75, 3.05) is 19.6 Å². The van der Waals surface area contributed by atoms with E-state index in [1.165, 1.54) is 38.9 Å². The minimum absolute atomic E-state index is 0.378. The molecule has 0 radical (unpaired) electrons. The van der Waals surface area contributed by atoms with E-state index in [2.05, 4.69) is 30.1 Å². The summed E-state index contributed by atoms with van der Waals surface area (Å²) in [6.07, 6.45) is 6.64. The number of piperidine rings is 1. The van der Waals surface area contributed by atoms with Gasteiger partial charge in [0.2, 0.25) is 0 Å². The molecule has 0 saturated carbocycles. The molecule has 0 aromatic carbocycles. The van der Waals surface area contributed by atoms with Crippen LogP contribution in [-0.2, 0) is 0 Å². The fraction of sp³-hybridized carbons (Fsp3) is 0.733. The molecule has 1 aliphatic rings. The molecule has 1 unspecified atom stereocenters. The van der Waals surface area contributed by atoms with E-state index in [1.807, 2.05) is 6.07 Å². The highest BCUT2D eigenvalue weighted by atomic mass is 16.3. The van der Waals surface area contributed by atoms with Crippen LogP contribution in [0.15, 0.2) is 22.8 Å². The minimum atomic E-state index is 0.378. The molecule has 3 heteroatoms. The number of likely N-dealkylation sites (tertiary alicyclic amines) is 1. The van der Waals surface area contributed by atoms with Gasteiger partial charge in [0.1, 0.15) is 5.76 Å². The van der Waals surface area contributed by atoms with E-state index < -0.39 is 0 Å². The topological polar surface area (TPSA) is 28.4 Å². The Bertz CT molecular complexity index is 315. The van der Waals surface area contributed by atoms with Gasteiger partial charge in [0.25, 0.3) is 0 Å². The molecule has 1 saturated heterocycles. The van der Waals surface area contributed by atoms with Crippen LogP contribution in [0, 0.1) is 0 Å². The van der Waals surface area contributed by atoms with Gasteiger partial charge in [0.15, 0.2) is 0 Å². The lowest BCUT2D eigenvalue weighted by molar-refractivity contribution is 0.187. The van der Waals surface area contributed by atoms with Gasteiger partial charge in [-0.05, 0) is 57.5 Å². The summed E-state index contributed by atoms with van der Waals surface area (Å²) in [5.41, 5.74) is 0. The zero-order valence-corrected chi connectivity index (χ0v) is 11.7. The molecule has 0 bridgehead atoms. The van der Waals surface area contributed by atoms with Crippen molar-refractivity contribution in [1.29, 1.82) is 0 Å². The molecule has 3 nitrogen and oxygen atoms in total. The summed E-state index contributed by atoms with van der Waals surface area (Å²) in [7, 11) is 0. The van der Waals surface area contributed by atoms with Crippen LogP contribution in [0.2, 0.25) is 0 Å². The number of furan rings is 1. The Hall–Kier alpha value is -0.800. The maximum absolute atomic E-state index is 5.51. The van der Waals surface area contributed by atoms with Crippen molar-refractivity contribution in [1.82, 2.24) is 10.2 Å². The van der Waals surface area contributed by atoms with Crippen LogP contribution >= 0.6 is 0 Å². The average Bonchev–Trinajstić information content (AvgIpc) is 2.92. The summed E-state index contributed by atoms with van der Waals surface area (Å²) in [6, 6.07) is 5.08. The largest absolute Gasteiger partial charge is 0.468 e. The highest BCUT2D eigenvalue weighted by Crippen LogP contribution is 2.20. The molecule has 1 atom stereocenters. The Kier molecular flexibility index (Phi) is 5.26. The lowest BCUT2D eigenvalue weighted by Gasteiger charge is -2.33. The second-order valence-electron chi connectivity index (χ2n) is 5.26. The summed E-state index contributed by atoms with van der Waals surface area (Å²) >= 11 is 0. The highest BCUT2D eigenvalue weighted by molar-refractivity contribution is 5.04. The standard InChI is InChI=1S/C15H26N2O/c1-3-9-17-10-7-13(8-11-17)16-14(4-2)15-6-5-12-18-15/h5-6,12-14,16H,3-4,7-11H2,1-2H3. The van der Waals surface area contributed by atoms with Crippen LogP contribution in [0.1, 0.15) is 51.3 Å². The maximum Gasteiger partial charge on any atom is 0.120 e. The third-order valence-electron chi connectivity index (χ3n) is 3.86. The van der Waals surface area contributed by atoms with Crippen molar-refractivity contribution < 1.29 is 4.42 Å². The average molecular weight is 250 g/mol. The smallest absolute Gasteiger partial charge is 0.120 e. The van der Waals surface area contributed by atoms with Gasteiger partial charge in [0, 0.05) is 6.04 Å². The SMILES string of the molecule is CCCN1CCC(NC(CC)c2ccco2)CC1. The molecule has 1 N–H and O–H groups in total. The monoisotopic (exact) mass is 250 g/mol. The highest BCUT2D eigenvalue weighted by Gasteiger charge is 2.22. The maximum atomic E-state index is 5.51. The molecule has 18 heavy (non-hydrogen) atoms. The van der Waals surface area contributed by atoms with Gasteiger partial charge in [-0.3, -0.25) is 0 Å². The van der Waals surface area contributed by atoms with E-state index in [9.17, 15) is 0 Å². The lowest BCUT2D eigenvalue weighted by Crippen LogP contribution is -2.43. The van der Waals surface area contributed by atoms with Crippen LogP contribution in [0.25, 0.3) is 0 Å². The van der Waals surface area contributed by atoms with Crippen molar-refractivity contribution in [2.24, 2.45) is 0 Å². The summed E-state index contributed by atoms with van der Waals surface area (Å²) in [6.45, 7) is 8.20. The summed E-state index contributed by atoms with van der Waals surface area (Å²) in [4.78, 5) is 2.58. The fourth-order valence-electron chi connectivity index (χ4n) is 2.81. The molecule has 2 heterocycles. The van der Waals surface area contributed by atoms with Crippen LogP contribution in [0.3, 0.4) is 0 Å². The number of rotatable bonds is 6. The summed E-state index contributed by atoms with van der Waals surface area (Å²) in [5, 5.41) is 3.75. The first-order chi connectivity index (χ1) is 8.83. The van der Waals surface area contributed by atoms with Crippen molar-refractivity contribution >= 4 is 0 Å². The molecule has 0 spiro atoms. The van der Waals surface area contributed by atoms with Crippen molar-refractivity contribution in [3.63, 3.8) is 0 Å². The van der Waals surface area contributed by atoms with E-state index in [0.717, 1.165) is 12.2 Å². The Morgan fingerprint density at radius 1 is 1.39 bits per heavy atom. The van der Waals surface area contributed by atoms with E-state index in [4.69, 9.17) is 4.42 Å². The lowest BCUT2D eigenvalue weighted by atomic mass is 10.0. The Morgan fingerprint density at radius 3 is 2.72 bits per heavy atom. The fourth-order valence-corrected chi connectivity index (χ4v) is 2.81. The van der Waals surface area contributed by atoms with Crippen LogP contribution in [0.5, 0.6) is 0 Å². The first-order valence-electron chi connectivity index (χ1n) is 7.35. The Morgan fingerprint density at radius 2 is 2.17 bits per heavy atom. The first kappa shape index (κ1) is 13.6. The van der Waals surface area contributed by atoms with Crippen molar-refractivity contribution in [3.8, 4) is 0 Å². The predicted octanol–water partition coefficient (Wildman–Crippen LogP) is 3.19. The van der Waals surface area contributed by atoms with Gasteiger partial charge in [-0.1, -0.05) is 13.8 Å². The third kappa shape index (κ3) is 3.59. The molecule has 1 aromatic rings. The second kappa shape index (κ2) is 6.95. The molecule has 0 amide bonds. The molecule has 1 aromatic heterocycles. The third-order valence-corrected chi connectivity index (χ3v) is 3.86. The van der Waals surface area contributed by atoms with E-state index in [0.29, 0.717) is 12.1 Å². The molecule has 102 valence electrons. The van der Waals surface area contributed by atoms with Crippen LogP contribution in [0.4, 0.5) is 0 Å². The first-order valence-corrected chi connectivity index (χ1v) is 7.35. The number of nitrogens with zero attached hydrogens (tertiary/aromatic N) is 1. The van der Waals surface area contributed by atoms with Gasteiger partial charge in [-0.25, -0.2) is 0 Å². The number of hydrogen-bond donors (Lipinski definition) is 1. The molecular formula is C15H26N2O. The van der Waals surface area contributed by atoms with Gasteiger partial charge < -0.3 is 14.6 Å². The quantitative estimate of drug-likeness (QED) is 0.840. The Labute approximate surface area is 111 Å². The van der Waals surface area contributed by atoms with E-state index in [1.54, 1.807) is 6.26 Å². The van der Waals surface area contributed by atoms with Crippen LogP contribution < -0.4 is 5.32 Å². The molecule has 1 aliphatic heterocycles. The van der Waals surface area contributed by atoms with E-state index in [-0.39, 0.29) is 0 Å². The van der Waals surface area contributed by atoms with Gasteiger partial charge in [-0.15, -0.1) is 0 Å². The van der Waals surface area contributed by atoms with E-state index >= 15 is 0 Å². The zero-order chi connectivity index (χ0) is 12.8. The summed E-state index contributed by atoms with van der Waals surface area (Å²) in [5.74, 6) is 1.08. The predicted molar refractivity (Wildman–Crippen MR) is 74.6 cm³/mol. The number of nitrogens with one attached hydrogen (secondary N) is 1. The molecule has 2 rings (SSSR count). The summed E-state index contributed by atoms with van der Waals surface area (Å²) < 4.78 is 5.51. The molecular weight excluding hydrogens is 224 g/mol. The van der Waals surface area contributed by atoms with Crippen molar-refractivity contribution in [2.45, 2.75) is 51.6 Å². The minimum Gasteiger partial charge on any atom is -0.468 e. The van der Waals surface area contributed by atoms with Crippen LogP contribution in [-0.4, -0.2) is 30.6 Å². The normalized spacial score (nSPS) is 20.1. The van der Waals surface area contributed by atoms with Gasteiger partial charge in [0.05, 0.1) is 12.3 Å². The Balaban J connectivity index is 1.80. The van der Waals surface area contributed by atoms with Gasteiger partial charge in [-0.2, -0.15) is 0 Å². The molecule has 1 fully saturated rings. The van der Waals surface area contributed by atoms with Gasteiger partial charge >= 0.3 is 0 Å². The molecule has 0 aliphatic carbocycles. The second-order valence-corrected chi connectivity index (χ2v) is 5.26. The zero-order valence-electron chi connectivity index (χ0n) is 11.7.